The van der Waals surface area contributed by atoms with E-state index < -0.39 is 0 Å². The highest BCUT2D eigenvalue weighted by molar-refractivity contribution is 6.07. The highest BCUT2D eigenvalue weighted by atomic mass is 16.5. The van der Waals surface area contributed by atoms with Crippen molar-refractivity contribution in [3.8, 4) is 11.5 Å². The summed E-state index contributed by atoms with van der Waals surface area (Å²) in [6.45, 7) is 4.89. The van der Waals surface area contributed by atoms with Crippen LogP contribution < -0.4 is 14.4 Å². The number of ether oxygens (including phenoxy) is 2. The molecule has 0 heterocycles. The minimum absolute atomic E-state index is 0.0688. The van der Waals surface area contributed by atoms with Gasteiger partial charge in [0.25, 0.3) is 0 Å². The lowest BCUT2D eigenvalue weighted by atomic mass is 10.1. The number of carbonyl (C=O) groups excluding carboxylic acids is 1. The van der Waals surface area contributed by atoms with E-state index in [2.05, 4.69) is 0 Å². The number of hydrogen-bond acceptors (Lipinski definition) is 4. The van der Waals surface area contributed by atoms with Crippen molar-refractivity contribution < 1.29 is 14.3 Å². The number of anilines is 1. The number of nitrogens with zero attached hydrogens (tertiary/aromatic N) is 1. The Balaban J connectivity index is 2.15. The van der Waals surface area contributed by atoms with Gasteiger partial charge in [0.2, 0.25) is 0 Å². The second-order valence-corrected chi connectivity index (χ2v) is 5.71. The molecule has 0 atom stereocenters. The number of carbonyl (C=O) groups is 1. The normalized spacial score (nSPS) is 10.7. The van der Waals surface area contributed by atoms with Crippen LogP contribution in [0.25, 0.3) is 6.08 Å². The molecular formula is C21H25NO3. The first-order valence-corrected chi connectivity index (χ1v) is 8.44. The molecule has 0 aliphatic carbocycles. The van der Waals surface area contributed by atoms with E-state index in [4.69, 9.17) is 9.47 Å². The van der Waals surface area contributed by atoms with Crippen LogP contribution in [0.1, 0.15) is 29.8 Å². The van der Waals surface area contributed by atoms with Gasteiger partial charge in [-0.25, -0.2) is 0 Å². The zero-order valence-electron chi connectivity index (χ0n) is 15.3. The number of ketones is 1. The van der Waals surface area contributed by atoms with Gasteiger partial charge in [-0.3, -0.25) is 4.79 Å². The summed E-state index contributed by atoms with van der Waals surface area (Å²) in [5.41, 5.74) is 2.68. The lowest BCUT2D eigenvalue weighted by molar-refractivity contribution is 0.104. The van der Waals surface area contributed by atoms with Crippen molar-refractivity contribution in [2.45, 2.75) is 13.8 Å². The summed E-state index contributed by atoms with van der Waals surface area (Å²) >= 11 is 0. The maximum atomic E-state index is 12.4. The molecule has 0 aliphatic rings. The lowest BCUT2D eigenvalue weighted by Crippen LogP contribution is -2.07. The molecule has 25 heavy (non-hydrogen) atoms. The van der Waals surface area contributed by atoms with E-state index in [0.29, 0.717) is 30.3 Å². The lowest BCUT2D eigenvalue weighted by Gasteiger charge is -2.12. The van der Waals surface area contributed by atoms with Crippen LogP contribution in [0.5, 0.6) is 11.5 Å². The van der Waals surface area contributed by atoms with Crippen LogP contribution in [-0.4, -0.2) is 33.1 Å². The number of rotatable bonds is 8. The van der Waals surface area contributed by atoms with Gasteiger partial charge in [-0.1, -0.05) is 18.2 Å². The van der Waals surface area contributed by atoms with Crippen molar-refractivity contribution >= 4 is 17.5 Å². The molecule has 0 fully saturated rings. The summed E-state index contributed by atoms with van der Waals surface area (Å²) < 4.78 is 11.1. The molecule has 0 amide bonds. The second-order valence-electron chi connectivity index (χ2n) is 5.71. The molecule has 0 saturated carbocycles. The zero-order chi connectivity index (χ0) is 18.2. The van der Waals surface area contributed by atoms with Crippen LogP contribution in [0.2, 0.25) is 0 Å². The van der Waals surface area contributed by atoms with Crippen molar-refractivity contribution in [1.82, 2.24) is 0 Å². The van der Waals surface area contributed by atoms with E-state index >= 15 is 0 Å². The fourth-order valence-corrected chi connectivity index (χ4v) is 2.36. The largest absolute Gasteiger partial charge is 0.490 e. The molecule has 2 rings (SSSR count). The van der Waals surface area contributed by atoms with Crippen LogP contribution in [-0.2, 0) is 0 Å². The van der Waals surface area contributed by atoms with Gasteiger partial charge < -0.3 is 14.4 Å². The van der Waals surface area contributed by atoms with Gasteiger partial charge in [-0.2, -0.15) is 0 Å². The molecule has 0 aliphatic heterocycles. The smallest absolute Gasteiger partial charge is 0.185 e. The Labute approximate surface area is 149 Å². The second kappa shape index (κ2) is 8.92. The first-order chi connectivity index (χ1) is 12.0. The number of hydrogen-bond donors (Lipinski definition) is 0. The van der Waals surface area contributed by atoms with E-state index in [1.807, 2.05) is 63.2 Å². The quantitative estimate of drug-likeness (QED) is 0.526. The monoisotopic (exact) mass is 339 g/mol. The summed E-state index contributed by atoms with van der Waals surface area (Å²) in [5.74, 6) is 1.18. The summed E-state index contributed by atoms with van der Waals surface area (Å²) in [6.07, 6.45) is 3.40. The average Bonchev–Trinajstić information content (AvgIpc) is 2.62. The molecule has 2 aromatic rings. The molecule has 4 nitrogen and oxygen atoms in total. The molecule has 132 valence electrons. The Morgan fingerprint density at radius 1 is 0.960 bits per heavy atom. The van der Waals surface area contributed by atoms with E-state index in [1.165, 1.54) is 0 Å². The van der Waals surface area contributed by atoms with Crippen molar-refractivity contribution in [3.05, 3.63) is 59.7 Å². The third kappa shape index (κ3) is 5.11. The van der Waals surface area contributed by atoms with Crippen LogP contribution in [0.3, 0.4) is 0 Å². The summed E-state index contributed by atoms with van der Waals surface area (Å²) in [4.78, 5) is 14.5. The van der Waals surface area contributed by atoms with Gasteiger partial charge in [0.05, 0.1) is 13.2 Å². The maximum Gasteiger partial charge on any atom is 0.185 e. The third-order valence-electron chi connectivity index (χ3n) is 3.66. The Morgan fingerprint density at radius 2 is 1.60 bits per heavy atom. The fraction of sp³-hybridized carbons (Fsp3) is 0.286. The Kier molecular flexibility index (Phi) is 6.63. The number of allylic oxidation sites excluding steroid dienone is 1. The molecule has 0 saturated heterocycles. The van der Waals surface area contributed by atoms with Crippen molar-refractivity contribution in [1.29, 1.82) is 0 Å². The van der Waals surface area contributed by atoms with Crippen LogP contribution in [0.15, 0.2) is 48.5 Å². The van der Waals surface area contributed by atoms with Crippen molar-refractivity contribution in [2.75, 3.05) is 32.2 Å². The Bertz CT molecular complexity index is 733. The predicted molar refractivity (Wildman–Crippen MR) is 103 cm³/mol. The maximum absolute atomic E-state index is 12.4. The van der Waals surface area contributed by atoms with Gasteiger partial charge in [0, 0.05) is 25.3 Å². The zero-order valence-corrected chi connectivity index (χ0v) is 15.3. The molecule has 0 bridgehead atoms. The molecule has 0 spiro atoms. The summed E-state index contributed by atoms with van der Waals surface area (Å²) in [6, 6.07) is 13.3. The molecule has 0 unspecified atom stereocenters. The van der Waals surface area contributed by atoms with Crippen LogP contribution >= 0.6 is 0 Å². The molecular weight excluding hydrogens is 314 g/mol. The van der Waals surface area contributed by atoms with Crippen LogP contribution in [0.4, 0.5) is 5.69 Å². The summed E-state index contributed by atoms with van der Waals surface area (Å²) in [7, 11) is 3.99. The van der Waals surface area contributed by atoms with E-state index in [1.54, 1.807) is 24.3 Å². The van der Waals surface area contributed by atoms with E-state index in [0.717, 1.165) is 11.3 Å². The van der Waals surface area contributed by atoms with Crippen LogP contribution in [0, 0.1) is 0 Å². The highest BCUT2D eigenvalue weighted by Crippen LogP contribution is 2.29. The SMILES string of the molecule is CCOc1ccc(C(=O)/C=C/c2ccc(N(C)C)cc2)cc1OCC. The van der Waals surface area contributed by atoms with Gasteiger partial charge >= 0.3 is 0 Å². The molecule has 0 radical (unpaired) electrons. The molecule has 0 N–H and O–H groups in total. The highest BCUT2D eigenvalue weighted by Gasteiger charge is 2.09. The molecule has 2 aromatic carbocycles. The molecule has 0 aromatic heterocycles. The topological polar surface area (TPSA) is 38.8 Å². The van der Waals surface area contributed by atoms with Gasteiger partial charge in [0.15, 0.2) is 17.3 Å². The fourth-order valence-electron chi connectivity index (χ4n) is 2.36. The molecule has 4 heteroatoms. The van der Waals surface area contributed by atoms with Crippen molar-refractivity contribution in [2.24, 2.45) is 0 Å². The standard InChI is InChI=1S/C21H25NO3/c1-5-24-20-14-10-17(15-21(20)25-6-2)19(23)13-9-16-7-11-18(12-8-16)22(3)4/h7-15H,5-6H2,1-4H3/b13-9+. The first-order valence-electron chi connectivity index (χ1n) is 8.44. The first kappa shape index (κ1) is 18.6. The van der Waals surface area contributed by atoms with Gasteiger partial charge in [-0.15, -0.1) is 0 Å². The minimum atomic E-state index is -0.0688. The Hall–Kier alpha value is -2.75. The minimum Gasteiger partial charge on any atom is -0.490 e. The van der Waals surface area contributed by atoms with Gasteiger partial charge in [0.1, 0.15) is 0 Å². The van der Waals surface area contributed by atoms with Gasteiger partial charge in [-0.05, 0) is 55.8 Å². The average molecular weight is 339 g/mol. The van der Waals surface area contributed by atoms with E-state index in [9.17, 15) is 4.79 Å². The predicted octanol–water partition coefficient (Wildman–Crippen LogP) is 4.45. The third-order valence-corrected chi connectivity index (χ3v) is 3.66. The van der Waals surface area contributed by atoms with E-state index in [-0.39, 0.29) is 5.78 Å². The number of benzene rings is 2. The Morgan fingerprint density at radius 3 is 2.20 bits per heavy atom. The summed E-state index contributed by atoms with van der Waals surface area (Å²) in [5, 5.41) is 0. The van der Waals surface area contributed by atoms with Crippen molar-refractivity contribution in [3.63, 3.8) is 0 Å².